The molecule has 0 aliphatic rings. The van der Waals surface area contributed by atoms with E-state index in [0.29, 0.717) is 0 Å². The van der Waals surface area contributed by atoms with Crippen molar-refractivity contribution in [1.82, 2.24) is 10.2 Å². The van der Waals surface area contributed by atoms with Crippen LogP contribution in [0.15, 0.2) is 30.1 Å². The minimum Gasteiger partial charge on any atom is -0.382 e. The normalized spacial score (nSPS) is 12.0. The van der Waals surface area contributed by atoms with Crippen molar-refractivity contribution in [3.8, 4) is 0 Å². The quantitative estimate of drug-likeness (QED) is 0.835. The molecular weight excluding hydrogens is 314 g/mol. The molecule has 4 nitrogen and oxygen atoms in total. The number of benzene rings is 1. The highest BCUT2D eigenvalue weighted by Gasteiger charge is 2.35. The van der Waals surface area contributed by atoms with E-state index in [9.17, 15) is 22.4 Å². The highest BCUT2D eigenvalue weighted by Crippen LogP contribution is 2.24. The monoisotopic (exact) mass is 325 g/mol. The summed E-state index contributed by atoms with van der Waals surface area (Å²) in [5, 5.41) is 3.55. The summed E-state index contributed by atoms with van der Waals surface area (Å²) in [6.07, 6.45) is -4.00. The van der Waals surface area contributed by atoms with Gasteiger partial charge in [-0.1, -0.05) is 11.6 Å². The molecule has 0 saturated carbocycles. The number of urea groups is 1. The van der Waals surface area contributed by atoms with Gasteiger partial charge in [-0.3, -0.25) is 0 Å². The first-order chi connectivity index (χ1) is 9.59. The maximum absolute atomic E-state index is 12.9. The van der Waals surface area contributed by atoms with Crippen LogP contribution < -0.4 is 10.6 Å². The van der Waals surface area contributed by atoms with E-state index in [1.807, 2.05) is 0 Å². The van der Waals surface area contributed by atoms with Gasteiger partial charge in [0, 0.05) is 26.0 Å². The first kappa shape index (κ1) is 17.1. The third-order valence-corrected chi connectivity index (χ3v) is 2.41. The van der Waals surface area contributed by atoms with Crippen LogP contribution in [-0.2, 0) is 0 Å². The summed E-state index contributed by atoms with van der Waals surface area (Å²) < 4.78 is 51.0. The second kappa shape index (κ2) is 6.66. The lowest BCUT2D eigenvalue weighted by Gasteiger charge is -2.16. The number of rotatable bonds is 3. The number of allylic oxidation sites excluding steroid dienone is 1. The Hall–Kier alpha value is -1.96. The van der Waals surface area contributed by atoms with Crippen LogP contribution in [0.1, 0.15) is 0 Å². The first-order valence-corrected chi connectivity index (χ1v) is 5.96. The molecule has 0 atom stereocenters. The van der Waals surface area contributed by atoms with Crippen LogP contribution in [0.3, 0.4) is 0 Å². The van der Waals surface area contributed by atoms with Crippen LogP contribution in [0.2, 0.25) is 5.02 Å². The Bertz CT molecular complexity index is 558. The van der Waals surface area contributed by atoms with Gasteiger partial charge in [0.1, 0.15) is 11.5 Å². The van der Waals surface area contributed by atoms with Gasteiger partial charge in [0.15, 0.2) is 0 Å². The Morgan fingerprint density at radius 1 is 1.33 bits per heavy atom. The van der Waals surface area contributed by atoms with E-state index < -0.39 is 23.7 Å². The Morgan fingerprint density at radius 3 is 2.43 bits per heavy atom. The zero-order chi connectivity index (χ0) is 16.2. The maximum Gasteiger partial charge on any atom is 0.432 e. The lowest BCUT2D eigenvalue weighted by atomic mass is 10.3. The average Bonchev–Trinajstić information content (AvgIpc) is 2.31. The number of carbonyl (C=O) groups excluding carboxylic acids is 1. The maximum atomic E-state index is 12.9. The second-order valence-electron chi connectivity index (χ2n) is 4.21. The fourth-order valence-corrected chi connectivity index (χ4v) is 1.47. The Balaban J connectivity index is 2.81. The number of hydrogen-bond acceptors (Lipinski definition) is 2. The Kier molecular flexibility index (Phi) is 5.42. The minimum atomic E-state index is -4.72. The Morgan fingerprint density at radius 2 is 1.95 bits per heavy atom. The van der Waals surface area contributed by atoms with Crippen LogP contribution in [0, 0.1) is 5.82 Å². The number of amides is 2. The molecule has 2 amide bonds. The molecular formula is C12H12ClF4N3O. The van der Waals surface area contributed by atoms with E-state index >= 15 is 0 Å². The van der Waals surface area contributed by atoms with E-state index in [4.69, 9.17) is 11.6 Å². The molecule has 116 valence electrons. The van der Waals surface area contributed by atoms with Crippen molar-refractivity contribution in [2.45, 2.75) is 6.18 Å². The van der Waals surface area contributed by atoms with Gasteiger partial charge in [-0.15, -0.1) is 0 Å². The van der Waals surface area contributed by atoms with Crippen molar-refractivity contribution in [3.05, 3.63) is 40.9 Å². The largest absolute Gasteiger partial charge is 0.432 e. The zero-order valence-electron chi connectivity index (χ0n) is 11.1. The molecule has 0 aliphatic carbocycles. The predicted molar refractivity (Wildman–Crippen MR) is 71.4 cm³/mol. The van der Waals surface area contributed by atoms with Gasteiger partial charge in [0.05, 0.1) is 5.02 Å². The number of alkyl halides is 3. The van der Waals surface area contributed by atoms with Crippen LogP contribution in [-0.4, -0.2) is 31.2 Å². The summed E-state index contributed by atoms with van der Waals surface area (Å²) in [6.45, 7) is 0. The predicted octanol–water partition coefficient (Wildman–Crippen LogP) is 3.57. The lowest BCUT2D eigenvalue weighted by molar-refractivity contribution is -0.0963. The minimum absolute atomic E-state index is 0.0604. The molecule has 2 N–H and O–H groups in total. The SMILES string of the molecule is CN(C)C=C(NC(=O)Nc1ccc(F)c(Cl)c1)C(F)(F)F. The van der Waals surface area contributed by atoms with Crippen molar-refractivity contribution in [3.63, 3.8) is 0 Å². The topological polar surface area (TPSA) is 44.4 Å². The van der Waals surface area contributed by atoms with E-state index in [2.05, 4.69) is 5.32 Å². The summed E-state index contributed by atoms with van der Waals surface area (Å²) in [7, 11) is 2.76. The number of nitrogens with one attached hydrogen (secondary N) is 2. The van der Waals surface area contributed by atoms with Gasteiger partial charge in [-0.05, 0) is 18.2 Å². The van der Waals surface area contributed by atoms with Crippen molar-refractivity contribution in [2.24, 2.45) is 0 Å². The highest BCUT2D eigenvalue weighted by atomic mass is 35.5. The fraction of sp³-hybridized carbons (Fsp3) is 0.250. The van der Waals surface area contributed by atoms with Gasteiger partial charge in [0.2, 0.25) is 0 Å². The van der Waals surface area contributed by atoms with Crippen molar-refractivity contribution in [1.29, 1.82) is 0 Å². The number of hydrogen-bond donors (Lipinski definition) is 2. The molecule has 0 bridgehead atoms. The molecule has 0 unspecified atom stereocenters. The van der Waals surface area contributed by atoms with Crippen molar-refractivity contribution < 1.29 is 22.4 Å². The van der Waals surface area contributed by atoms with Gasteiger partial charge in [-0.2, -0.15) is 13.2 Å². The summed E-state index contributed by atoms with van der Waals surface area (Å²) >= 11 is 5.50. The summed E-state index contributed by atoms with van der Waals surface area (Å²) in [4.78, 5) is 12.7. The summed E-state index contributed by atoms with van der Waals surface area (Å²) in [5.41, 5.74) is -1.18. The Labute approximate surface area is 123 Å². The fourth-order valence-electron chi connectivity index (χ4n) is 1.29. The molecule has 0 spiro atoms. The van der Waals surface area contributed by atoms with Gasteiger partial charge >= 0.3 is 12.2 Å². The highest BCUT2D eigenvalue weighted by molar-refractivity contribution is 6.31. The van der Waals surface area contributed by atoms with E-state index in [1.165, 1.54) is 20.2 Å². The lowest BCUT2D eigenvalue weighted by Crippen LogP contribution is -2.35. The molecule has 0 radical (unpaired) electrons. The smallest absolute Gasteiger partial charge is 0.382 e. The molecule has 9 heteroatoms. The van der Waals surface area contributed by atoms with E-state index in [-0.39, 0.29) is 10.7 Å². The third kappa shape index (κ3) is 5.50. The van der Waals surface area contributed by atoms with Crippen molar-refractivity contribution in [2.75, 3.05) is 19.4 Å². The van der Waals surface area contributed by atoms with Crippen molar-refractivity contribution >= 4 is 23.3 Å². The number of carbonyl (C=O) groups is 1. The molecule has 1 aromatic carbocycles. The van der Waals surface area contributed by atoms with E-state index in [0.717, 1.165) is 23.2 Å². The molecule has 1 aromatic rings. The third-order valence-electron chi connectivity index (χ3n) is 2.12. The molecule has 0 aliphatic heterocycles. The molecule has 1 rings (SSSR count). The standard InChI is InChI=1S/C12H12ClF4N3O/c1-20(2)6-10(12(15,16)17)19-11(21)18-7-3-4-9(14)8(13)5-7/h3-6H,1-2H3,(H2,18,19,21). The number of halogens is 5. The van der Waals surface area contributed by atoms with Crippen LogP contribution in [0.25, 0.3) is 0 Å². The number of nitrogens with zero attached hydrogens (tertiary/aromatic N) is 1. The molecule has 21 heavy (non-hydrogen) atoms. The summed E-state index contributed by atoms with van der Waals surface area (Å²) in [5.74, 6) is -0.703. The average molecular weight is 326 g/mol. The number of anilines is 1. The van der Waals surface area contributed by atoms with Crippen LogP contribution >= 0.6 is 11.6 Å². The molecule has 0 heterocycles. The second-order valence-corrected chi connectivity index (χ2v) is 4.62. The van der Waals surface area contributed by atoms with Crippen LogP contribution in [0.4, 0.5) is 28.0 Å². The summed E-state index contributed by atoms with van der Waals surface area (Å²) in [6, 6.07) is 2.12. The van der Waals surface area contributed by atoms with Crippen LogP contribution in [0.5, 0.6) is 0 Å². The van der Waals surface area contributed by atoms with Gasteiger partial charge in [-0.25, -0.2) is 9.18 Å². The molecule has 0 saturated heterocycles. The molecule has 0 fully saturated rings. The zero-order valence-corrected chi connectivity index (χ0v) is 11.8. The van der Waals surface area contributed by atoms with Gasteiger partial charge in [0.25, 0.3) is 0 Å². The van der Waals surface area contributed by atoms with E-state index in [1.54, 1.807) is 5.32 Å². The molecule has 0 aromatic heterocycles. The van der Waals surface area contributed by atoms with Gasteiger partial charge < -0.3 is 15.5 Å². The first-order valence-electron chi connectivity index (χ1n) is 5.58.